The zero-order valence-corrected chi connectivity index (χ0v) is 12.1. The summed E-state index contributed by atoms with van der Waals surface area (Å²) in [4.78, 5) is 10.8. The fourth-order valence-corrected chi connectivity index (χ4v) is 2.25. The van der Waals surface area contributed by atoms with Gasteiger partial charge in [0.25, 0.3) is 0 Å². The zero-order valence-electron chi connectivity index (χ0n) is 9.77. The van der Waals surface area contributed by atoms with E-state index in [1.54, 1.807) is 18.2 Å². The van der Waals surface area contributed by atoms with E-state index in [1.807, 2.05) is 12.1 Å². The summed E-state index contributed by atoms with van der Waals surface area (Å²) < 4.78 is 6.44. The summed E-state index contributed by atoms with van der Waals surface area (Å²) in [5.41, 5.74) is 1.03. The van der Waals surface area contributed by atoms with Crippen LogP contribution in [0, 0.1) is 0 Å². The van der Waals surface area contributed by atoms with E-state index in [0.29, 0.717) is 10.8 Å². The van der Waals surface area contributed by atoms with Gasteiger partial charge in [0.05, 0.1) is 5.56 Å². The molecule has 19 heavy (non-hydrogen) atoms. The van der Waals surface area contributed by atoms with Crippen LogP contribution in [0.25, 0.3) is 0 Å². The average molecular weight is 342 g/mol. The van der Waals surface area contributed by atoms with E-state index in [4.69, 9.17) is 21.4 Å². The van der Waals surface area contributed by atoms with Crippen molar-refractivity contribution in [1.82, 2.24) is 0 Å². The predicted molar refractivity (Wildman–Crippen MR) is 76.9 cm³/mol. The molecule has 0 saturated carbocycles. The van der Waals surface area contributed by atoms with Gasteiger partial charge in [0.2, 0.25) is 0 Å². The minimum absolute atomic E-state index is 0.194. The minimum atomic E-state index is -0.980. The maximum absolute atomic E-state index is 10.8. The monoisotopic (exact) mass is 340 g/mol. The number of hydrogen-bond donors (Lipinski definition) is 1. The molecule has 0 saturated heterocycles. The number of carboxylic acids is 1. The lowest BCUT2D eigenvalue weighted by atomic mass is 10.2. The third kappa shape index (κ3) is 3.72. The number of aromatic carboxylic acids is 1. The summed E-state index contributed by atoms with van der Waals surface area (Å²) in [7, 11) is 0. The van der Waals surface area contributed by atoms with Gasteiger partial charge in [-0.3, -0.25) is 0 Å². The van der Waals surface area contributed by atoms with Gasteiger partial charge in [0.15, 0.2) is 0 Å². The molecule has 0 amide bonds. The highest BCUT2D eigenvalue weighted by Gasteiger charge is 2.05. The van der Waals surface area contributed by atoms with Crippen molar-refractivity contribution < 1.29 is 14.6 Å². The first kappa shape index (κ1) is 13.9. The van der Waals surface area contributed by atoms with Gasteiger partial charge in [-0.05, 0) is 30.3 Å². The van der Waals surface area contributed by atoms with E-state index < -0.39 is 5.97 Å². The topological polar surface area (TPSA) is 46.5 Å². The summed E-state index contributed by atoms with van der Waals surface area (Å²) >= 11 is 9.40. The molecular formula is C14H10BrClO3. The van der Waals surface area contributed by atoms with Crippen LogP contribution >= 0.6 is 27.5 Å². The fraction of sp³-hybridized carbons (Fsp3) is 0.0714. The number of ether oxygens (including phenoxy) is 1. The predicted octanol–water partition coefficient (Wildman–Crippen LogP) is 4.38. The molecule has 0 atom stereocenters. The van der Waals surface area contributed by atoms with Crippen molar-refractivity contribution in [3.8, 4) is 5.75 Å². The molecule has 1 N–H and O–H groups in total. The van der Waals surface area contributed by atoms with Crippen LogP contribution in [-0.2, 0) is 6.61 Å². The molecule has 2 aromatic carbocycles. The van der Waals surface area contributed by atoms with Crippen molar-refractivity contribution in [3.05, 3.63) is 63.1 Å². The lowest BCUT2D eigenvalue weighted by Gasteiger charge is -2.08. The Bertz CT molecular complexity index is 613. The number of benzene rings is 2. The van der Waals surface area contributed by atoms with Crippen molar-refractivity contribution in [2.75, 3.05) is 0 Å². The first-order chi connectivity index (χ1) is 9.06. The number of carbonyl (C=O) groups is 1. The Kier molecular flexibility index (Phi) is 4.45. The standard InChI is InChI=1S/C14H10BrClO3/c15-11-5-4-10(13(16)7-11)8-19-12-3-1-2-9(6-12)14(17)18/h1-7H,8H2,(H,17,18). The van der Waals surface area contributed by atoms with Gasteiger partial charge in [0, 0.05) is 15.1 Å². The molecule has 0 unspecified atom stereocenters. The molecule has 0 aliphatic carbocycles. The molecule has 3 nitrogen and oxygen atoms in total. The summed E-state index contributed by atoms with van der Waals surface area (Å²) in [6, 6.07) is 11.9. The number of carboxylic acid groups (broad SMARTS) is 1. The van der Waals surface area contributed by atoms with Crippen LogP contribution < -0.4 is 4.74 Å². The van der Waals surface area contributed by atoms with Gasteiger partial charge < -0.3 is 9.84 Å². The van der Waals surface area contributed by atoms with Crippen LogP contribution in [0.4, 0.5) is 0 Å². The van der Waals surface area contributed by atoms with Crippen LogP contribution in [0.5, 0.6) is 5.75 Å². The molecule has 98 valence electrons. The number of halogens is 2. The molecule has 2 aromatic rings. The number of hydrogen-bond acceptors (Lipinski definition) is 2. The molecule has 0 aromatic heterocycles. The lowest BCUT2D eigenvalue weighted by Crippen LogP contribution is -1.99. The molecule has 0 heterocycles. The smallest absolute Gasteiger partial charge is 0.335 e. The Balaban J connectivity index is 2.10. The molecule has 0 aliphatic rings. The molecule has 0 aliphatic heterocycles. The Morgan fingerprint density at radius 3 is 2.74 bits per heavy atom. The van der Waals surface area contributed by atoms with Gasteiger partial charge in [-0.25, -0.2) is 4.79 Å². The highest BCUT2D eigenvalue weighted by Crippen LogP contribution is 2.23. The van der Waals surface area contributed by atoms with E-state index in [1.165, 1.54) is 12.1 Å². The summed E-state index contributed by atoms with van der Waals surface area (Å²) in [6.45, 7) is 0.287. The second-order valence-electron chi connectivity index (χ2n) is 3.86. The normalized spacial score (nSPS) is 10.2. The van der Waals surface area contributed by atoms with Gasteiger partial charge >= 0.3 is 5.97 Å². The van der Waals surface area contributed by atoms with E-state index in [0.717, 1.165) is 10.0 Å². The van der Waals surface area contributed by atoms with Gasteiger partial charge in [-0.1, -0.05) is 39.7 Å². The van der Waals surface area contributed by atoms with Crippen molar-refractivity contribution >= 4 is 33.5 Å². The van der Waals surface area contributed by atoms with Crippen LogP contribution in [0.15, 0.2) is 46.9 Å². The van der Waals surface area contributed by atoms with Crippen molar-refractivity contribution in [3.63, 3.8) is 0 Å². The fourth-order valence-electron chi connectivity index (χ4n) is 1.52. The molecule has 2 rings (SSSR count). The SMILES string of the molecule is O=C(O)c1cccc(OCc2ccc(Br)cc2Cl)c1. The van der Waals surface area contributed by atoms with E-state index in [9.17, 15) is 4.79 Å². The first-order valence-corrected chi connectivity index (χ1v) is 6.63. The van der Waals surface area contributed by atoms with Crippen molar-refractivity contribution in [2.45, 2.75) is 6.61 Å². The second kappa shape index (κ2) is 6.08. The summed E-state index contributed by atoms with van der Waals surface area (Å²) in [5, 5.41) is 9.49. The Hall–Kier alpha value is -1.52. The first-order valence-electron chi connectivity index (χ1n) is 5.46. The third-order valence-electron chi connectivity index (χ3n) is 2.49. The highest BCUT2D eigenvalue weighted by molar-refractivity contribution is 9.10. The van der Waals surface area contributed by atoms with Crippen molar-refractivity contribution in [1.29, 1.82) is 0 Å². The average Bonchev–Trinajstić information content (AvgIpc) is 2.38. The number of rotatable bonds is 4. The third-order valence-corrected chi connectivity index (χ3v) is 3.34. The quantitative estimate of drug-likeness (QED) is 0.897. The molecule has 0 spiro atoms. The Morgan fingerprint density at radius 1 is 1.26 bits per heavy atom. The second-order valence-corrected chi connectivity index (χ2v) is 5.18. The molecule has 0 fully saturated rings. The van der Waals surface area contributed by atoms with Gasteiger partial charge in [-0.15, -0.1) is 0 Å². The van der Waals surface area contributed by atoms with E-state index in [2.05, 4.69) is 15.9 Å². The molecule has 0 bridgehead atoms. The highest BCUT2D eigenvalue weighted by atomic mass is 79.9. The van der Waals surface area contributed by atoms with Crippen molar-refractivity contribution in [2.24, 2.45) is 0 Å². The summed E-state index contributed by atoms with van der Waals surface area (Å²) in [5.74, 6) is -0.481. The van der Waals surface area contributed by atoms with Gasteiger partial charge in [0.1, 0.15) is 12.4 Å². The Labute approximate surface area is 123 Å². The van der Waals surface area contributed by atoms with Gasteiger partial charge in [-0.2, -0.15) is 0 Å². The van der Waals surface area contributed by atoms with Crippen LogP contribution in [0.3, 0.4) is 0 Å². The van der Waals surface area contributed by atoms with E-state index in [-0.39, 0.29) is 12.2 Å². The summed E-state index contributed by atoms with van der Waals surface area (Å²) in [6.07, 6.45) is 0. The van der Waals surface area contributed by atoms with E-state index >= 15 is 0 Å². The molecule has 0 radical (unpaired) electrons. The van der Waals surface area contributed by atoms with Crippen LogP contribution in [0.1, 0.15) is 15.9 Å². The minimum Gasteiger partial charge on any atom is -0.489 e. The molecular weight excluding hydrogens is 332 g/mol. The zero-order chi connectivity index (χ0) is 13.8. The Morgan fingerprint density at radius 2 is 2.05 bits per heavy atom. The lowest BCUT2D eigenvalue weighted by molar-refractivity contribution is 0.0696. The maximum Gasteiger partial charge on any atom is 0.335 e. The largest absolute Gasteiger partial charge is 0.489 e. The maximum atomic E-state index is 10.8. The van der Waals surface area contributed by atoms with Crippen LogP contribution in [-0.4, -0.2) is 11.1 Å². The molecule has 5 heteroatoms. The van der Waals surface area contributed by atoms with Crippen LogP contribution in [0.2, 0.25) is 5.02 Å².